The van der Waals surface area contributed by atoms with Crippen LogP contribution in [0, 0.1) is 27.1 Å². The topological polar surface area (TPSA) is 231 Å². The molecular formula is C57H61N5O10. The lowest BCUT2D eigenvalue weighted by molar-refractivity contribution is -0.145. The number of carbonyl (C=O) groups is 10. The first-order valence-electron chi connectivity index (χ1n) is 23.5. The van der Waals surface area contributed by atoms with Crippen LogP contribution in [0.5, 0.6) is 0 Å². The highest BCUT2D eigenvalue weighted by molar-refractivity contribution is 6.10. The fourth-order valence-electron chi connectivity index (χ4n) is 9.27. The standard InChI is InChI=1S/C57H61N5O10/c1-8-54(4,49(69)59-44(64)39-26-16-10-17-27-39)35-56(6,51(71)61-46(66)41-30-20-12-21-31-41)37-57(7,52(72)62-47(67)42-32-22-13-23-33-42)36-55(5,50(70)60-45(65)40-28-18-11-19-29-40)34-53(2,3)48(68)58-43(63)38-24-14-9-15-25-38/h9-33H,8,34-37H2,1-7H3,(H,58,63,68)(H,59,64,69)(H,60,65,70)(H,61,66,71)(H,62,67,72). The summed E-state index contributed by atoms with van der Waals surface area (Å²) in [5.74, 6) is -8.30. The van der Waals surface area contributed by atoms with Gasteiger partial charge in [0.2, 0.25) is 29.5 Å². The molecule has 15 nitrogen and oxygen atoms in total. The van der Waals surface area contributed by atoms with Gasteiger partial charge in [0, 0.05) is 54.9 Å². The third-order valence-corrected chi connectivity index (χ3v) is 13.1. The third-order valence-electron chi connectivity index (χ3n) is 13.1. The van der Waals surface area contributed by atoms with Crippen molar-refractivity contribution in [1.29, 1.82) is 0 Å². The van der Waals surface area contributed by atoms with Crippen molar-refractivity contribution in [1.82, 2.24) is 26.6 Å². The van der Waals surface area contributed by atoms with Crippen LogP contribution >= 0.6 is 0 Å². The number of benzene rings is 5. The lowest BCUT2D eigenvalue weighted by atomic mass is 9.58. The van der Waals surface area contributed by atoms with Crippen LogP contribution in [0.15, 0.2) is 152 Å². The molecule has 5 rings (SSSR count). The number of hydrogen-bond acceptors (Lipinski definition) is 10. The first-order valence-corrected chi connectivity index (χ1v) is 23.5. The maximum absolute atomic E-state index is 15.2. The molecule has 0 spiro atoms. The first-order chi connectivity index (χ1) is 33.9. The van der Waals surface area contributed by atoms with Crippen LogP contribution in [-0.2, 0) is 24.0 Å². The number of rotatable bonds is 19. The van der Waals surface area contributed by atoms with E-state index in [0.717, 1.165) is 0 Å². The first kappa shape index (κ1) is 54.7. The minimum atomic E-state index is -2.04. The van der Waals surface area contributed by atoms with E-state index in [9.17, 15) is 38.4 Å². The average molecular weight is 976 g/mol. The van der Waals surface area contributed by atoms with Crippen molar-refractivity contribution in [2.75, 3.05) is 0 Å². The van der Waals surface area contributed by atoms with E-state index in [2.05, 4.69) is 26.6 Å². The number of carbonyl (C=O) groups excluding carboxylic acids is 10. The molecule has 0 radical (unpaired) electrons. The van der Waals surface area contributed by atoms with Crippen LogP contribution in [0.25, 0.3) is 0 Å². The number of imide groups is 5. The van der Waals surface area contributed by atoms with Crippen molar-refractivity contribution in [3.63, 3.8) is 0 Å². The van der Waals surface area contributed by atoms with Gasteiger partial charge < -0.3 is 0 Å². The summed E-state index contributed by atoms with van der Waals surface area (Å²) in [5.41, 5.74) is -8.37. The molecule has 15 heteroatoms. The number of amides is 10. The molecule has 0 heterocycles. The maximum atomic E-state index is 15.2. The molecule has 4 unspecified atom stereocenters. The van der Waals surface area contributed by atoms with Gasteiger partial charge in [-0.15, -0.1) is 0 Å². The Labute approximate surface area is 419 Å². The number of hydrogen-bond donors (Lipinski definition) is 5. The molecule has 0 saturated carbocycles. The summed E-state index contributed by atoms with van der Waals surface area (Å²) in [6, 6.07) is 39.4. The second-order valence-corrected chi connectivity index (χ2v) is 19.9. The Morgan fingerprint density at radius 1 is 0.292 bits per heavy atom. The van der Waals surface area contributed by atoms with Crippen LogP contribution in [0.4, 0.5) is 0 Å². The fourth-order valence-corrected chi connectivity index (χ4v) is 9.27. The zero-order chi connectivity index (χ0) is 52.9. The highest BCUT2D eigenvalue weighted by Crippen LogP contribution is 2.51. The smallest absolute Gasteiger partial charge is 0.257 e. The number of nitrogens with one attached hydrogen (secondary N) is 5. The quantitative estimate of drug-likeness (QED) is 0.0539. The third kappa shape index (κ3) is 13.8. The van der Waals surface area contributed by atoms with E-state index in [1.165, 1.54) is 102 Å². The van der Waals surface area contributed by atoms with Crippen LogP contribution < -0.4 is 26.6 Å². The molecular weight excluding hydrogens is 915 g/mol. The Balaban J connectivity index is 1.66. The van der Waals surface area contributed by atoms with Gasteiger partial charge in [-0.1, -0.05) is 139 Å². The van der Waals surface area contributed by atoms with Crippen LogP contribution in [-0.4, -0.2) is 59.1 Å². The van der Waals surface area contributed by atoms with Crippen molar-refractivity contribution in [3.8, 4) is 0 Å². The van der Waals surface area contributed by atoms with E-state index in [1.807, 2.05) is 0 Å². The highest BCUT2D eigenvalue weighted by atomic mass is 16.2. The Bertz CT molecular complexity index is 2820. The Morgan fingerprint density at radius 2 is 0.486 bits per heavy atom. The van der Waals surface area contributed by atoms with Crippen molar-refractivity contribution < 1.29 is 47.9 Å². The Kier molecular flexibility index (Phi) is 17.6. The van der Waals surface area contributed by atoms with E-state index < -0.39 is 112 Å². The zero-order valence-corrected chi connectivity index (χ0v) is 41.6. The molecule has 0 aliphatic rings. The van der Waals surface area contributed by atoms with Gasteiger partial charge in [-0.25, -0.2) is 0 Å². The van der Waals surface area contributed by atoms with Crippen LogP contribution in [0.1, 0.15) is 132 Å². The van der Waals surface area contributed by atoms with Gasteiger partial charge in [-0.3, -0.25) is 74.5 Å². The van der Waals surface area contributed by atoms with Crippen molar-refractivity contribution in [2.45, 2.75) is 80.6 Å². The largest absolute Gasteiger partial charge is 0.292 e. The second-order valence-electron chi connectivity index (χ2n) is 19.9. The highest BCUT2D eigenvalue weighted by Gasteiger charge is 2.55. The van der Waals surface area contributed by atoms with Crippen LogP contribution in [0.2, 0.25) is 0 Å². The summed E-state index contributed by atoms with van der Waals surface area (Å²) in [4.78, 5) is 142. The molecule has 0 fully saturated rings. The molecule has 0 saturated heterocycles. The van der Waals surface area contributed by atoms with E-state index in [-0.39, 0.29) is 34.2 Å². The molecule has 5 N–H and O–H groups in total. The van der Waals surface area contributed by atoms with Crippen molar-refractivity contribution >= 4 is 59.1 Å². The molecule has 4 atom stereocenters. The predicted octanol–water partition coefficient (Wildman–Crippen LogP) is 7.79. The molecule has 0 aliphatic carbocycles. The van der Waals surface area contributed by atoms with Gasteiger partial charge in [0.15, 0.2) is 0 Å². The normalized spacial score (nSPS) is 14.5. The molecule has 5 aromatic rings. The molecule has 374 valence electrons. The Morgan fingerprint density at radius 3 is 0.722 bits per heavy atom. The lowest BCUT2D eigenvalue weighted by Gasteiger charge is -2.45. The zero-order valence-electron chi connectivity index (χ0n) is 41.6. The summed E-state index contributed by atoms with van der Waals surface area (Å²) in [7, 11) is 0. The van der Waals surface area contributed by atoms with E-state index >= 15 is 9.59 Å². The van der Waals surface area contributed by atoms with E-state index in [0.29, 0.717) is 0 Å². The SMILES string of the molecule is CCC(C)(CC(C)(CC(C)(CC(C)(CC(C)(C)C(=O)NC(=O)c1ccccc1)C(=O)NC(=O)c1ccccc1)C(=O)NC(=O)c1ccccc1)C(=O)NC(=O)c1ccccc1)C(=O)NC(=O)c1ccccc1. The maximum Gasteiger partial charge on any atom is 0.257 e. The van der Waals surface area contributed by atoms with Crippen molar-refractivity contribution in [2.24, 2.45) is 27.1 Å². The summed E-state index contributed by atoms with van der Waals surface area (Å²) < 4.78 is 0. The minimum absolute atomic E-state index is 0.0402. The fraction of sp³-hybridized carbons (Fsp3) is 0.298. The summed E-state index contributed by atoms with van der Waals surface area (Å²) in [6.07, 6.45) is -1.95. The average Bonchev–Trinajstić information content (AvgIpc) is 3.37. The van der Waals surface area contributed by atoms with Gasteiger partial charge in [0.05, 0.1) is 0 Å². The summed E-state index contributed by atoms with van der Waals surface area (Å²) in [5, 5.41) is 12.2. The molecule has 0 aromatic heterocycles. The van der Waals surface area contributed by atoms with E-state index in [1.54, 1.807) is 97.9 Å². The Hall–Kier alpha value is -8.20. The van der Waals surface area contributed by atoms with Gasteiger partial charge >= 0.3 is 0 Å². The predicted molar refractivity (Wildman–Crippen MR) is 270 cm³/mol. The second kappa shape index (κ2) is 23.1. The van der Waals surface area contributed by atoms with Gasteiger partial charge in [-0.2, -0.15) is 0 Å². The lowest BCUT2D eigenvalue weighted by Crippen LogP contribution is -2.55. The monoisotopic (exact) mass is 975 g/mol. The molecule has 72 heavy (non-hydrogen) atoms. The van der Waals surface area contributed by atoms with E-state index in [4.69, 9.17) is 0 Å². The summed E-state index contributed by atoms with van der Waals surface area (Å²) in [6.45, 7) is 10.4. The molecule has 0 bridgehead atoms. The minimum Gasteiger partial charge on any atom is -0.292 e. The van der Waals surface area contributed by atoms with Crippen LogP contribution in [0.3, 0.4) is 0 Å². The molecule has 0 aliphatic heterocycles. The molecule has 10 amide bonds. The van der Waals surface area contributed by atoms with Gasteiger partial charge in [0.1, 0.15) is 0 Å². The van der Waals surface area contributed by atoms with Gasteiger partial charge in [-0.05, 0) is 92.8 Å². The van der Waals surface area contributed by atoms with Gasteiger partial charge in [0.25, 0.3) is 29.5 Å². The molecule has 5 aromatic carbocycles. The van der Waals surface area contributed by atoms with Crippen molar-refractivity contribution in [3.05, 3.63) is 179 Å². The summed E-state index contributed by atoms with van der Waals surface area (Å²) >= 11 is 0.